The molecule has 0 heterocycles. The van der Waals surface area contributed by atoms with Gasteiger partial charge in [-0.15, -0.1) is 0 Å². The fourth-order valence-corrected chi connectivity index (χ4v) is 1.61. The lowest BCUT2D eigenvalue weighted by Gasteiger charge is -2.18. The van der Waals surface area contributed by atoms with Gasteiger partial charge in [-0.3, -0.25) is 10.1 Å². The topological polar surface area (TPSA) is 69.2 Å². The van der Waals surface area contributed by atoms with Crippen LogP contribution >= 0.6 is 0 Å². The minimum atomic E-state index is -0.432. The summed E-state index contributed by atoms with van der Waals surface area (Å²) in [4.78, 5) is 10.6. The average molecular weight is 208 g/mol. The number of nitro groups is 1. The molecule has 0 fully saturated rings. The second kappa shape index (κ2) is 3.98. The first kappa shape index (κ1) is 11.7. The van der Waals surface area contributed by atoms with Gasteiger partial charge in [0.2, 0.25) is 0 Å². The van der Waals surface area contributed by atoms with E-state index in [1.807, 2.05) is 19.9 Å². The Balaban J connectivity index is 3.18. The number of hydrogen-bond donors (Lipinski definition) is 1. The molecule has 1 aromatic carbocycles. The van der Waals surface area contributed by atoms with Gasteiger partial charge < -0.3 is 5.73 Å². The van der Waals surface area contributed by atoms with Crippen molar-refractivity contribution in [3.63, 3.8) is 0 Å². The van der Waals surface area contributed by atoms with Crippen molar-refractivity contribution in [2.45, 2.75) is 32.7 Å². The number of nitrogens with zero attached hydrogens (tertiary/aromatic N) is 1. The molecule has 0 saturated heterocycles. The molecule has 0 aliphatic rings. The average Bonchev–Trinajstić information content (AvgIpc) is 1.99. The van der Waals surface area contributed by atoms with E-state index in [2.05, 4.69) is 0 Å². The van der Waals surface area contributed by atoms with Gasteiger partial charge in [0.05, 0.1) is 4.92 Å². The molecule has 1 rings (SSSR count). The van der Waals surface area contributed by atoms with Gasteiger partial charge in [0.15, 0.2) is 0 Å². The molecule has 82 valence electrons. The predicted octanol–water partition coefficient (Wildman–Crippen LogP) is 2.18. The normalized spacial score (nSPS) is 11.5. The van der Waals surface area contributed by atoms with E-state index in [1.54, 1.807) is 19.1 Å². The Bertz CT molecular complexity index is 381. The first-order valence-electron chi connectivity index (χ1n) is 4.83. The molecule has 0 unspecified atom stereocenters. The Morgan fingerprint density at radius 3 is 2.53 bits per heavy atom. The van der Waals surface area contributed by atoms with Gasteiger partial charge >= 0.3 is 0 Å². The van der Waals surface area contributed by atoms with Crippen molar-refractivity contribution in [1.29, 1.82) is 0 Å². The zero-order valence-corrected chi connectivity index (χ0v) is 9.28. The number of benzene rings is 1. The summed E-state index contributed by atoms with van der Waals surface area (Å²) in [6.45, 7) is 5.46. The third-order valence-electron chi connectivity index (χ3n) is 2.15. The number of hydrogen-bond acceptors (Lipinski definition) is 3. The molecule has 0 atom stereocenters. The summed E-state index contributed by atoms with van der Waals surface area (Å²) < 4.78 is 0. The van der Waals surface area contributed by atoms with Gasteiger partial charge in [-0.25, -0.2) is 0 Å². The molecule has 0 saturated carbocycles. The summed E-state index contributed by atoms with van der Waals surface area (Å²) in [5, 5.41) is 10.9. The van der Waals surface area contributed by atoms with Crippen LogP contribution in [0.15, 0.2) is 18.2 Å². The van der Waals surface area contributed by atoms with Crippen molar-refractivity contribution in [2.24, 2.45) is 5.73 Å². The summed E-state index contributed by atoms with van der Waals surface area (Å²) in [6.07, 6.45) is 0.505. The van der Waals surface area contributed by atoms with Crippen LogP contribution in [0.1, 0.15) is 25.0 Å². The van der Waals surface area contributed by atoms with Crippen LogP contribution in [0.2, 0.25) is 0 Å². The van der Waals surface area contributed by atoms with Gasteiger partial charge in [-0.1, -0.05) is 18.2 Å². The highest BCUT2D eigenvalue weighted by atomic mass is 16.6. The number of nitrogens with two attached hydrogens (primary N) is 1. The van der Waals surface area contributed by atoms with Crippen LogP contribution in [0, 0.1) is 17.0 Å². The van der Waals surface area contributed by atoms with E-state index >= 15 is 0 Å². The molecule has 0 aromatic heterocycles. The highest BCUT2D eigenvalue weighted by Crippen LogP contribution is 2.25. The Morgan fingerprint density at radius 2 is 2.07 bits per heavy atom. The molecule has 1 aromatic rings. The molecular weight excluding hydrogens is 192 g/mol. The molecule has 0 bridgehead atoms. The third kappa shape index (κ3) is 3.02. The van der Waals surface area contributed by atoms with Crippen molar-refractivity contribution < 1.29 is 4.92 Å². The van der Waals surface area contributed by atoms with Crippen molar-refractivity contribution in [2.75, 3.05) is 0 Å². The van der Waals surface area contributed by atoms with E-state index in [0.717, 1.165) is 0 Å². The minimum Gasteiger partial charge on any atom is -0.325 e. The van der Waals surface area contributed by atoms with Crippen molar-refractivity contribution in [3.05, 3.63) is 39.4 Å². The molecule has 0 aliphatic heterocycles. The molecule has 2 N–H and O–H groups in total. The maximum atomic E-state index is 10.9. The summed E-state index contributed by atoms with van der Waals surface area (Å²) in [5.74, 6) is 0. The van der Waals surface area contributed by atoms with E-state index < -0.39 is 5.54 Å². The van der Waals surface area contributed by atoms with E-state index in [0.29, 0.717) is 17.5 Å². The lowest BCUT2D eigenvalue weighted by molar-refractivity contribution is -0.386. The quantitative estimate of drug-likeness (QED) is 0.611. The van der Waals surface area contributed by atoms with E-state index in [4.69, 9.17) is 5.73 Å². The van der Waals surface area contributed by atoms with E-state index in [9.17, 15) is 10.1 Å². The predicted molar refractivity (Wildman–Crippen MR) is 59.8 cm³/mol. The van der Waals surface area contributed by atoms with Crippen LogP contribution in [-0.4, -0.2) is 10.5 Å². The summed E-state index contributed by atoms with van der Waals surface area (Å²) in [6, 6.07) is 5.33. The summed E-state index contributed by atoms with van der Waals surface area (Å²) >= 11 is 0. The standard InChI is InChI=1S/C11H16N2O2/c1-8-5-4-6-9(7-11(2,3)12)10(8)13(14)15/h4-6H,7,12H2,1-3H3. The minimum absolute atomic E-state index is 0.191. The number of nitro benzene ring substituents is 1. The van der Waals surface area contributed by atoms with Crippen molar-refractivity contribution in [3.8, 4) is 0 Å². The Morgan fingerprint density at radius 1 is 1.47 bits per heavy atom. The highest BCUT2D eigenvalue weighted by molar-refractivity contribution is 5.47. The number of rotatable bonds is 3. The fourth-order valence-electron chi connectivity index (χ4n) is 1.61. The molecule has 0 radical (unpaired) electrons. The molecule has 4 nitrogen and oxygen atoms in total. The van der Waals surface area contributed by atoms with Gasteiger partial charge in [0.1, 0.15) is 0 Å². The van der Waals surface area contributed by atoms with Crippen molar-refractivity contribution in [1.82, 2.24) is 0 Å². The largest absolute Gasteiger partial charge is 0.325 e. The van der Waals surface area contributed by atoms with Gasteiger partial charge in [0, 0.05) is 16.7 Å². The summed E-state index contributed by atoms with van der Waals surface area (Å²) in [7, 11) is 0. The molecule has 0 spiro atoms. The Labute approximate surface area is 89.2 Å². The van der Waals surface area contributed by atoms with Crippen molar-refractivity contribution >= 4 is 5.69 Å². The molecule has 4 heteroatoms. The molecule has 15 heavy (non-hydrogen) atoms. The number of aryl methyl sites for hydroxylation is 1. The van der Waals surface area contributed by atoms with Crippen LogP contribution in [0.25, 0.3) is 0 Å². The maximum absolute atomic E-state index is 10.9. The van der Waals surface area contributed by atoms with Crippen LogP contribution < -0.4 is 5.73 Å². The second-order valence-corrected chi connectivity index (χ2v) is 4.51. The van der Waals surface area contributed by atoms with Crippen LogP contribution in [0.5, 0.6) is 0 Å². The molecule has 0 aliphatic carbocycles. The number of para-hydroxylation sites is 1. The van der Waals surface area contributed by atoms with Gasteiger partial charge in [-0.2, -0.15) is 0 Å². The maximum Gasteiger partial charge on any atom is 0.275 e. The fraction of sp³-hybridized carbons (Fsp3) is 0.455. The first-order valence-corrected chi connectivity index (χ1v) is 4.83. The SMILES string of the molecule is Cc1cccc(CC(C)(C)N)c1[N+](=O)[O-]. The Kier molecular flexibility index (Phi) is 3.09. The van der Waals surface area contributed by atoms with E-state index in [1.165, 1.54) is 0 Å². The van der Waals surface area contributed by atoms with Gasteiger partial charge in [0.25, 0.3) is 5.69 Å². The zero-order chi connectivity index (χ0) is 11.6. The molecular formula is C11H16N2O2. The third-order valence-corrected chi connectivity index (χ3v) is 2.15. The highest BCUT2D eigenvalue weighted by Gasteiger charge is 2.21. The molecule has 0 amide bonds. The van der Waals surface area contributed by atoms with Crippen LogP contribution in [-0.2, 0) is 6.42 Å². The van der Waals surface area contributed by atoms with Crippen LogP contribution in [0.4, 0.5) is 5.69 Å². The first-order chi connectivity index (χ1) is 6.81. The smallest absolute Gasteiger partial charge is 0.275 e. The second-order valence-electron chi connectivity index (χ2n) is 4.51. The Hall–Kier alpha value is -1.42. The zero-order valence-electron chi connectivity index (χ0n) is 9.28. The lowest BCUT2D eigenvalue weighted by atomic mass is 9.94. The summed E-state index contributed by atoms with van der Waals surface area (Å²) in [5.41, 5.74) is 7.01. The van der Waals surface area contributed by atoms with Gasteiger partial charge in [-0.05, 0) is 27.2 Å². The van der Waals surface area contributed by atoms with E-state index in [-0.39, 0.29) is 10.6 Å². The lowest BCUT2D eigenvalue weighted by Crippen LogP contribution is -2.34. The van der Waals surface area contributed by atoms with Crippen LogP contribution in [0.3, 0.4) is 0 Å². The monoisotopic (exact) mass is 208 g/mol.